The van der Waals surface area contributed by atoms with E-state index >= 15 is 0 Å². The average Bonchev–Trinajstić information content (AvgIpc) is 2.43. The standard InChI is InChI=1S/C10H19N3O2S/c1-2-5-12-7-3-4-9(14)10(15,6-7)16-8(11)13-9/h7,12,14-15H,2-6H2,1H3,(H2,11,13)/t7-,9-,10-/m0/s1. The Morgan fingerprint density at radius 1 is 1.62 bits per heavy atom. The number of thioether (sulfide) groups is 1. The van der Waals surface area contributed by atoms with E-state index in [1.165, 1.54) is 0 Å². The zero-order valence-electron chi connectivity index (χ0n) is 9.44. The molecule has 0 bridgehead atoms. The Labute approximate surface area is 99.5 Å². The van der Waals surface area contributed by atoms with Gasteiger partial charge in [-0.15, -0.1) is 0 Å². The van der Waals surface area contributed by atoms with Crippen molar-refractivity contribution in [2.45, 2.75) is 49.3 Å². The zero-order chi connectivity index (χ0) is 11.8. The number of aliphatic imine (C=N–C) groups is 1. The molecule has 0 aromatic heterocycles. The van der Waals surface area contributed by atoms with Crippen molar-refractivity contribution in [3.8, 4) is 0 Å². The van der Waals surface area contributed by atoms with Gasteiger partial charge in [-0.25, -0.2) is 4.99 Å². The summed E-state index contributed by atoms with van der Waals surface area (Å²) in [7, 11) is 0. The van der Waals surface area contributed by atoms with Gasteiger partial charge in [-0.2, -0.15) is 0 Å². The molecule has 1 saturated carbocycles. The van der Waals surface area contributed by atoms with Crippen LogP contribution in [0.15, 0.2) is 4.99 Å². The maximum Gasteiger partial charge on any atom is 0.197 e. The maximum atomic E-state index is 10.4. The predicted octanol–water partition coefficient (Wildman–Crippen LogP) is -0.0228. The second-order valence-corrected chi connectivity index (χ2v) is 5.84. The average molecular weight is 245 g/mol. The molecule has 5 N–H and O–H groups in total. The molecule has 1 heterocycles. The smallest absolute Gasteiger partial charge is 0.197 e. The molecular weight excluding hydrogens is 226 g/mol. The number of aliphatic hydroxyl groups is 2. The van der Waals surface area contributed by atoms with Crippen LogP contribution in [-0.2, 0) is 0 Å². The van der Waals surface area contributed by atoms with Crippen LogP contribution in [0.25, 0.3) is 0 Å². The molecule has 92 valence electrons. The zero-order valence-corrected chi connectivity index (χ0v) is 10.3. The highest BCUT2D eigenvalue weighted by molar-refractivity contribution is 8.15. The number of amidine groups is 1. The molecule has 5 nitrogen and oxygen atoms in total. The summed E-state index contributed by atoms with van der Waals surface area (Å²) >= 11 is 1.08. The van der Waals surface area contributed by atoms with Crippen molar-refractivity contribution in [2.75, 3.05) is 6.54 Å². The van der Waals surface area contributed by atoms with Gasteiger partial charge in [-0.05, 0) is 31.1 Å². The predicted molar refractivity (Wildman–Crippen MR) is 65.0 cm³/mol. The van der Waals surface area contributed by atoms with Gasteiger partial charge in [0.1, 0.15) is 0 Å². The van der Waals surface area contributed by atoms with E-state index < -0.39 is 10.7 Å². The van der Waals surface area contributed by atoms with E-state index in [4.69, 9.17) is 5.73 Å². The van der Waals surface area contributed by atoms with Crippen molar-refractivity contribution in [1.29, 1.82) is 0 Å². The van der Waals surface area contributed by atoms with Gasteiger partial charge in [-0.3, -0.25) is 0 Å². The van der Waals surface area contributed by atoms with Gasteiger partial charge in [0.05, 0.1) is 0 Å². The second-order valence-electron chi connectivity index (χ2n) is 4.55. The Bertz CT molecular complexity index is 312. The Balaban J connectivity index is 2.04. The highest BCUT2D eigenvalue weighted by Gasteiger charge is 2.58. The van der Waals surface area contributed by atoms with Crippen LogP contribution in [-0.4, -0.2) is 38.6 Å². The normalized spacial score (nSPS) is 42.9. The molecule has 0 aromatic carbocycles. The van der Waals surface area contributed by atoms with Crippen LogP contribution in [0, 0.1) is 0 Å². The first-order valence-corrected chi connectivity index (χ1v) is 6.53. The fourth-order valence-corrected chi connectivity index (χ4v) is 3.48. The van der Waals surface area contributed by atoms with E-state index in [-0.39, 0.29) is 11.2 Å². The van der Waals surface area contributed by atoms with Crippen LogP contribution in [0.3, 0.4) is 0 Å². The van der Waals surface area contributed by atoms with Crippen molar-refractivity contribution in [2.24, 2.45) is 10.7 Å². The van der Waals surface area contributed by atoms with Gasteiger partial charge in [0, 0.05) is 18.9 Å². The molecule has 2 rings (SSSR count). The van der Waals surface area contributed by atoms with E-state index in [1.807, 2.05) is 0 Å². The van der Waals surface area contributed by atoms with Gasteiger partial charge in [0.15, 0.2) is 15.8 Å². The summed E-state index contributed by atoms with van der Waals surface area (Å²) in [5, 5.41) is 24.3. The minimum Gasteiger partial charge on any atom is -0.378 e. The Hall–Kier alpha value is -0.300. The van der Waals surface area contributed by atoms with Crippen LogP contribution >= 0.6 is 11.8 Å². The van der Waals surface area contributed by atoms with Crippen LogP contribution < -0.4 is 11.1 Å². The summed E-state index contributed by atoms with van der Waals surface area (Å²) in [5.74, 6) is 0. The molecule has 0 aromatic rings. The summed E-state index contributed by atoms with van der Waals surface area (Å²) in [4.78, 5) is 2.71. The number of fused-ring (bicyclic) bond motifs is 1. The van der Waals surface area contributed by atoms with Crippen molar-refractivity contribution in [3.05, 3.63) is 0 Å². The summed E-state index contributed by atoms with van der Waals surface area (Å²) in [6.07, 6.45) is 2.82. The lowest BCUT2D eigenvalue weighted by Gasteiger charge is -2.42. The highest BCUT2D eigenvalue weighted by atomic mass is 32.2. The van der Waals surface area contributed by atoms with Gasteiger partial charge >= 0.3 is 0 Å². The number of rotatable bonds is 3. The van der Waals surface area contributed by atoms with Gasteiger partial charge in [-0.1, -0.05) is 6.92 Å². The molecular formula is C10H19N3O2S. The van der Waals surface area contributed by atoms with E-state index in [1.54, 1.807) is 0 Å². The monoisotopic (exact) mass is 245 g/mol. The Morgan fingerprint density at radius 3 is 3.06 bits per heavy atom. The summed E-state index contributed by atoms with van der Waals surface area (Å²) < 4.78 is 0. The largest absolute Gasteiger partial charge is 0.378 e. The van der Waals surface area contributed by atoms with E-state index in [9.17, 15) is 10.2 Å². The molecule has 0 saturated heterocycles. The summed E-state index contributed by atoms with van der Waals surface area (Å²) in [6.45, 7) is 3.03. The second kappa shape index (κ2) is 4.18. The topological polar surface area (TPSA) is 90.9 Å². The van der Waals surface area contributed by atoms with Crippen LogP contribution in [0.2, 0.25) is 0 Å². The first-order valence-electron chi connectivity index (χ1n) is 5.71. The first kappa shape index (κ1) is 12.2. The SMILES string of the molecule is CCCN[C@H]1CC[C@@]2(O)N=C(N)S[C@@]2(O)C1. The highest BCUT2D eigenvalue weighted by Crippen LogP contribution is 2.49. The number of hydrogen-bond donors (Lipinski definition) is 4. The van der Waals surface area contributed by atoms with Gasteiger partial charge in [0.2, 0.25) is 0 Å². The fraction of sp³-hybridized carbons (Fsp3) is 0.900. The molecule has 0 unspecified atom stereocenters. The molecule has 0 spiro atoms. The number of nitrogens with zero attached hydrogens (tertiary/aromatic N) is 1. The lowest BCUT2D eigenvalue weighted by atomic mass is 9.85. The van der Waals surface area contributed by atoms with Crippen molar-refractivity contribution in [3.63, 3.8) is 0 Å². The molecule has 1 aliphatic carbocycles. The van der Waals surface area contributed by atoms with Gasteiger partial charge in [0.25, 0.3) is 0 Å². The molecule has 1 aliphatic heterocycles. The number of hydrogen-bond acceptors (Lipinski definition) is 6. The number of nitrogens with one attached hydrogen (secondary N) is 1. The lowest BCUT2D eigenvalue weighted by molar-refractivity contribution is -0.117. The fourth-order valence-electron chi connectivity index (χ4n) is 2.34. The van der Waals surface area contributed by atoms with E-state index in [2.05, 4.69) is 17.2 Å². The Kier molecular flexibility index (Phi) is 3.18. The van der Waals surface area contributed by atoms with Crippen LogP contribution in [0.4, 0.5) is 0 Å². The van der Waals surface area contributed by atoms with Gasteiger partial charge < -0.3 is 21.3 Å². The minimum absolute atomic E-state index is 0.235. The molecule has 1 fully saturated rings. The molecule has 6 heteroatoms. The molecule has 2 aliphatic rings. The van der Waals surface area contributed by atoms with Crippen LogP contribution in [0.5, 0.6) is 0 Å². The maximum absolute atomic E-state index is 10.4. The third-order valence-corrected chi connectivity index (χ3v) is 4.37. The third-order valence-electron chi connectivity index (χ3n) is 3.24. The van der Waals surface area contributed by atoms with E-state index in [0.29, 0.717) is 12.8 Å². The van der Waals surface area contributed by atoms with Crippen molar-refractivity contribution in [1.82, 2.24) is 5.32 Å². The third kappa shape index (κ3) is 1.95. The first-order chi connectivity index (χ1) is 7.49. The molecule has 0 amide bonds. The van der Waals surface area contributed by atoms with E-state index in [0.717, 1.165) is 31.1 Å². The molecule has 16 heavy (non-hydrogen) atoms. The Morgan fingerprint density at radius 2 is 2.38 bits per heavy atom. The quantitative estimate of drug-likeness (QED) is 0.561. The molecule has 0 radical (unpaired) electrons. The van der Waals surface area contributed by atoms with Crippen molar-refractivity contribution < 1.29 is 10.2 Å². The lowest BCUT2D eigenvalue weighted by Crippen LogP contribution is -2.56. The number of nitrogens with two attached hydrogens (primary N) is 1. The summed E-state index contributed by atoms with van der Waals surface area (Å²) in [6, 6.07) is 0.235. The van der Waals surface area contributed by atoms with Crippen LogP contribution in [0.1, 0.15) is 32.6 Å². The summed E-state index contributed by atoms with van der Waals surface area (Å²) in [5.41, 5.74) is 4.20. The minimum atomic E-state index is -1.38. The molecule has 3 atom stereocenters. The van der Waals surface area contributed by atoms with Crippen molar-refractivity contribution >= 4 is 16.9 Å².